The van der Waals surface area contributed by atoms with Crippen LogP contribution in [0.1, 0.15) is 24.0 Å². The van der Waals surface area contributed by atoms with E-state index in [1.165, 1.54) is 41.2 Å². The largest absolute Gasteiger partial charge is 0.247 e. The number of para-hydroxylation sites is 1. The van der Waals surface area contributed by atoms with Crippen LogP contribution in [0.2, 0.25) is 0 Å². The average molecular weight is 540 g/mol. The van der Waals surface area contributed by atoms with E-state index in [1.807, 2.05) is 36.4 Å². The molecular weight excluding hydrogens is 510 g/mol. The van der Waals surface area contributed by atoms with Gasteiger partial charge in [-0.25, -0.2) is 15.0 Å². The van der Waals surface area contributed by atoms with Crippen LogP contribution < -0.4 is 0 Å². The zero-order chi connectivity index (χ0) is 27.9. The highest BCUT2D eigenvalue weighted by Gasteiger charge is 2.15. The lowest BCUT2D eigenvalue weighted by atomic mass is 9.88. The fourth-order valence-electron chi connectivity index (χ4n) is 6.30. The van der Waals surface area contributed by atoms with Crippen LogP contribution in [0.3, 0.4) is 0 Å². The Morgan fingerprint density at radius 1 is 0.476 bits per heavy atom. The fourth-order valence-corrected chi connectivity index (χ4v) is 6.30. The van der Waals surface area contributed by atoms with Gasteiger partial charge in [-0.05, 0) is 60.6 Å². The molecule has 200 valence electrons. The molecule has 1 aliphatic carbocycles. The predicted molar refractivity (Wildman–Crippen MR) is 173 cm³/mol. The van der Waals surface area contributed by atoms with Crippen LogP contribution in [-0.2, 0) is 12.8 Å². The summed E-state index contributed by atoms with van der Waals surface area (Å²) in [6, 6.07) is 44.7. The third-order valence-corrected chi connectivity index (χ3v) is 8.47. The van der Waals surface area contributed by atoms with Gasteiger partial charge in [-0.2, -0.15) is 0 Å². The second-order valence-electron chi connectivity index (χ2n) is 11.1. The van der Waals surface area contributed by atoms with Gasteiger partial charge in [-0.3, -0.25) is 0 Å². The van der Waals surface area contributed by atoms with Crippen LogP contribution in [0.25, 0.3) is 66.8 Å². The van der Waals surface area contributed by atoms with E-state index in [9.17, 15) is 0 Å². The molecular formula is C39H29N3. The molecule has 3 heteroatoms. The highest BCUT2D eigenvalue weighted by molar-refractivity contribution is 6.01. The first-order valence-electron chi connectivity index (χ1n) is 14.8. The fraction of sp³-hybridized carbons (Fsp3) is 0.103. The van der Waals surface area contributed by atoms with Gasteiger partial charge in [0.1, 0.15) is 0 Å². The Labute approximate surface area is 245 Å². The maximum Gasteiger partial charge on any atom is 0.160 e. The average Bonchev–Trinajstić information content (AvgIpc) is 3.08. The van der Waals surface area contributed by atoms with Crippen molar-refractivity contribution in [2.45, 2.75) is 25.7 Å². The first-order chi connectivity index (χ1) is 20.8. The second-order valence-corrected chi connectivity index (χ2v) is 11.1. The molecule has 5 aromatic carbocycles. The smallest absolute Gasteiger partial charge is 0.160 e. The number of benzene rings is 5. The number of hydrogen-bond acceptors (Lipinski definition) is 3. The third-order valence-electron chi connectivity index (χ3n) is 8.47. The van der Waals surface area contributed by atoms with Crippen molar-refractivity contribution in [1.29, 1.82) is 0 Å². The van der Waals surface area contributed by atoms with Gasteiger partial charge >= 0.3 is 0 Å². The second kappa shape index (κ2) is 10.4. The SMILES string of the molecule is c1ccc(-c2cc(-c3ccc(-c4cccc5cc6c7c(ccc6nc45)CCCC7)cc3)nc(-c3ccccc3)n2)cc1. The summed E-state index contributed by atoms with van der Waals surface area (Å²) in [5.74, 6) is 0.725. The summed E-state index contributed by atoms with van der Waals surface area (Å²) in [4.78, 5) is 15.1. The molecule has 0 atom stereocenters. The Kier molecular flexibility index (Phi) is 6.07. The summed E-state index contributed by atoms with van der Waals surface area (Å²) in [5.41, 5.74) is 12.4. The Bertz CT molecular complexity index is 2010. The molecule has 0 spiro atoms. The molecule has 0 radical (unpaired) electrons. The van der Waals surface area contributed by atoms with Crippen molar-refractivity contribution in [2.24, 2.45) is 0 Å². The topological polar surface area (TPSA) is 38.7 Å². The molecule has 3 nitrogen and oxygen atoms in total. The van der Waals surface area contributed by atoms with Crippen LogP contribution in [-0.4, -0.2) is 15.0 Å². The minimum absolute atomic E-state index is 0.725. The van der Waals surface area contributed by atoms with E-state index < -0.39 is 0 Å². The van der Waals surface area contributed by atoms with Crippen molar-refractivity contribution >= 4 is 21.8 Å². The lowest BCUT2D eigenvalue weighted by Gasteiger charge is -2.18. The molecule has 0 fully saturated rings. The maximum absolute atomic E-state index is 5.21. The van der Waals surface area contributed by atoms with Crippen molar-refractivity contribution in [3.05, 3.63) is 139 Å². The normalized spacial score (nSPS) is 12.9. The number of rotatable bonds is 4. The maximum atomic E-state index is 5.21. The molecule has 0 saturated carbocycles. The quantitative estimate of drug-likeness (QED) is 0.209. The van der Waals surface area contributed by atoms with E-state index in [0.29, 0.717) is 0 Å². The van der Waals surface area contributed by atoms with Gasteiger partial charge in [0.2, 0.25) is 0 Å². The zero-order valence-corrected chi connectivity index (χ0v) is 23.3. The molecule has 0 aliphatic heterocycles. The molecule has 1 aliphatic rings. The number of hydrogen-bond donors (Lipinski definition) is 0. The van der Waals surface area contributed by atoms with E-state index >= 15 is 0 Å². The van der Waals surface area contributed by atoms with E-state index in [2.05, 4.69) is 91.0 Å². The summed E-state index contributed by atoms with van der Waals surface area (Å²) in [7, 11) is 0. The van der Waals surface area contributed by atoms with E-state index in [1.54, 1.807) is 0 Å². The monoisotopic (exact) mass is 539 g/mol. The summed E-state index contributed by atoms with van der Waals surface area (Å²) >= 11 is 0. The first kappa shape index (κ1) is 24.6. The number of aromatic nitrogens is 3. The molecule has 8 rings (SSSR count). The van der Waals surface area contributed by atoms with Gasteiger partial charge in [0.05, 0.1) is 22.4 Å². The highest BCUT2D eigenvalue weighted by atomic mass is 14.9. The molecule has 0 N–H and O–H groups in total. The number of nitrogens with zero attached hydrogens (tertiary/aromatic N) is 3. The van der Waals surface area contributed by atoms with E-state index in [0.717, 1.165) is 62.5 Å². The van der Waals surface area contributed by atoms with E-state index in [-0.39, 0.29) is 0 Å². The Hall–Kier alpha value is -5.15. The Balaban J connectivity index is 1.21. The molecule has 0 bridgehead atoms. The van der Waals surface area contributed by atoms with Gasteiger partial charge in [0, 0.05) is 33.0 Å². The van der Waals surface area contributed by atoms with Crippen LogP contribution in [0, 0.1) is 0 Å². The van der Waals surface area contributed by atoms with Gasteiger partial charge < -0.3 is 0 Å². The molecule has 0 unspecified atom stereocenters. The van der Waals surface area contributed by atoms with Gasteiger partial charge in [-0.15, -0.1) is 0 Å². The summed E-state index contributed by atoms with van der Waals surface area (Å²) in [5, 5.41) is 2.51. The molecule has 0 saturated heterocycles. The number of aryl methyl sites for hydroxylation is 2. The summed E-state index contributed by atoms with van der Waals surface area (Å²) in [6.07, 6.45) is 4.89. The van der Waals surface area contributed by atoms with Gasteiger partial charge in [0.25, 0.3) is 0 Å². The third kappa shape index (κ3) is 4.44. The van der Waals surface area contributed by atoms with Crippen LogP contribution in [0.4, 0.5) is 0 Å². The molecule has 42 heavy (non-hydrogen) atoms. The first-order valence-corrected chi connectivity index (χ1v) is 14.8. The van der Waals surface area contributed by atoms with Crippen LogP contribution in [0.15, 0.2) is 127 Å². The van der Waals surface area contributed by atoms with Gasteiger partial charge in [0.15, 0.2) is 5.82 Å². The Morgan fingerprint density at radius 3 is 1.90 bits per heavy atom. The summed E-state index contributed by atoms with van der Waals surface area (Å²) < 4.78 is 0. The minimum atomic E-state index is 0.725. The van der Waals surface area contributed by atoms with E-state index in [4.69, 9.17) is 15.0 Å². The standard InChI is InChI=1S/C39H29N3/c1-3-11-28(12-4-1)36-25-37(42-39(41-36)30-13-5-2-6-14-30)29-20-18-27(19-21-29)33-17-9-15-31-24-34-32-16-8-7-10-26(32)22-23-35(34)40-38(31)33/h1-6,9,11-15,17-25H,7-8,10,16H2. The van der Waals surface area contributed by atoms with Gasteiger partial charge in [-0.1, -0.05) is 109 Å². The summed E-state index contributed by atoms with van der Waals surface area (Å²) in [6.45, 7) is 0. The molecule has 2 heterocycles. The lowest BCUT2D eigenvalue weighted by Crippen LogP contribution is -2.03. The van der Waals surface area contributed by atoms with Crippen LogP contribution in [0.5, 0.6) is 0 Å². The molecule has 0 amide bonds. The van der Waals surface area contributed by atoms with Crippen molar-refractivity contribution in [2.75, 3.05) is 0 Å². The predicted octanol–water partition coefficient (Wildman–Crippen LogP) is 9.72. The van der Waals surface area contributed by atoms with Crippen molar-refractivity contribution in [3.8, 4) is 45.0 Å². The van der Waals surface area contributed by atoms with Crippen molar-refractivity contribution in [1.82, 2.24) is 15.0 Å². The zero-order valence-electron chi connectivity index (χ0n) is 23.3. The Morgan fingerprint density at radius 2 is 1.14 bits per heavy atom. The highest BCUT2D eigenvalue weighted by Crippen LogP contribution is 2.35. The molecule has 7 aromatic rings. The minimum Gasteiger partial charge on any atom is -0.247 e. The van der Waals surface area contributed by atoms with Crippen molar-refractivity contribution < 1.29 is 0 Å². The van der Waals surface area contributed by atoms with Crippen molar-refractivity contribution in [3.63, 3.8) is 0 Å². The number of fused-ring (bicyclic) bond motifs is 4. The lowest BCUT2D eigenvalue weighted by molar-refractivity contribution is 0.690. The van der Waals surface area contributed by atoms with Crippen LogP contribution >= 0.6 is 0 Å². The number of pyridine rings is 1. The molecule has 2 aromatic heterocycles.